The van der Waals surface area contributed by atoms with E-state index in [2.05, 4.69) is 49.2 Å². The number of rotatable bonds is 4. The highest BCUT2D eigenvalue weighted by Gasteiger charge is 2.26. The lowest BCUT2D eigenvalue weighted by atomic mass is 9.78. The molecule has 1 aromatic carbocycles. The van der Waals surface area contributed by atoms with Crippen molar-refractivity contribution in [2.24, 2.45) is 0 Å². The quantitative estimate of drug-likeness (QED) is 0.893. The molecule has 0 saturated heterocycles. The third-order valence-electron chi connectivity index (χ3n) is 3.41. The average molecular weight is 241 g/mol. The lowest BCUT2D eigenvalue weighted by Crippen LogP contribution is -2.29. The van der Waals surface area contributed by atoms with Crippen molar-refractivity contribution in [3.8, 4) is 0 Å². The number of aryl methyl sites for hydroxylation is 1. The molecular formula is C16H19NO. The van der Waals surface area contributed by atoms with Crippen LogP contribution in [0.5, 0.6) is 0 Å². The smallest absolute Gasteiger partial charge is 0.0528 e. The number of hydrogen-bond donors (Lipinski definition) is 1. The Hall–Kier alpha value is -1.67. The lowest BCUT2D eigenvalue weighted by Gasteiger charge is -2.28. The van der Waals surface area contributed by atoms with Crippen molar-refractivity contribution < 1.29 is 5.11 Å². The normalized spacial score (nSPS) is 14.2. The van der Waals surface area contributed by atoms with Gasteiger partial charge in [0, 0.05) is 17.8 Å². The van der Waals surface area contributed by atoms with Crippen LogP contribution in [0.3, 0.4) is 0 Å². The Bertz CT molecular complexity index is 492. The number of aliphatic hydroxyl groups is 1. The van der Waals surface area contributed by atoms with Gasteiger partial charge in [0.1, 0.15) is 0 Å². The van der Waals surface area contributed by atoms with Crippen molar-refractivity contribution in [3.05, 3.63) is 65.5 Å². The Morgan fingerprint density at radius 2 is 1.89 bits per heavy atom. The first-order valence-corrected chi connectivity index (χ1v) is 6.21. The highest BCUT2D eigenvalue weighted by Crippen LogP contribution is 2.27. The van der Waals surface area contributed by atoms with Gasteiger partial charge in [-0.15, -0.1) is 0 Å². The standard InChI is InChI=1S/C16H19NO/c1-13-5-7-15(8-6-13)16(2,12-18)10-14-4-3-9-17-11-14/h3-9,11,18H,10,12H2,1-2H3. The van der Waals surface area contributed by atoms with Crippen molar-refractivity contribution in [3.63, 3.8) is 0 Å². The number of aromatic nitrogens is 1. The summed E-state index contributed by atoms with van der Waals surface area (Å²) in [4.78, 5) is 4.13. The molecule has 1 aromatic heterocycles. The van der Waals surface area contributed by atoms with Gasteiger partial charge >= 0.3 is 0 Å². The van der Waals surface area contributed by atoms with Gasteiger partial charge in [-0.2, -0.15) is 0 Å². The zero-order valence-corrected chi connectivity index (χ0v) is 10.9. The van der Waals surface area contributed by atoms with E-state index in [1.54, 1.807) is 6.20 Å². The minimum atomic E-state index is -0.253. The second kappa shape index (κ2) is 5.32. The third-order valence-corrected chi connectivity index (χ3v) is 3.41. The highest BCUT2D eigenvalue weighted by molar-refractivity contribution is 5.30. The van der Waals surface area contributed by atoms with E-state index in [1.165, 1.54) is 11.1 Å². The molecule has 2 nitrogen and oxygen atoms in total. The van der Waals surface area contributed by atoms with Crippen LogP contribution in [-0.2, 0) is 11.8 Å². The third kappa shape index (κ3) is 2.77. The molecule has 1 N–H and O–H groups in total. The van der Waals surface area contributed by atoms with E-state index >= 15 is 0 Å². The van der Waals surface area contributed by atoms with Crippen LogP contribution in [-0.4, -0.2) is 16.7 Å². The van der Waals surface area contributed by atoms with Crippen LogP contribution in [0.25, 0.3) is 0 Å². The maximum absolute atomic E-state index is 9.75. The summed E-state index contributed by atoms with van der Waals surface area (Å²) in [5.41, 5.74) is 3.30. The van der Waals surface area contributed by atoms with Crippen LogP contribution in [0.1, 0.15) is 23.6 Å². The summed E-state index contributed by atoms with van der Waals surface area (Å²) in [5.74, 6) is 0. The van der Waals surface area contributed by atoms with E-state index in [0.29, 0.717) is 0 Å². The van der Waals surface area contributed by atoms with Gasteiger partial charge in [0.15, 0.2) is 0 Å². The second-order valence-electron chi connectivity index (χ2n) is 5.12. The fraction of sp³-hybridized carbons (Fsp3) is 0.312. The van der Waals surface area contributed by atoms with E-state index < -0.39 is 0 Å². The molecule has 0 aliphatic carbocycles. The summed E-state index contributed by atoms with van der Waals surface area (Å²) < 4.78 is 0. The molecule has 2 rings (SSSR count). The van der Waals surface area contributed by atoms with E-state index in [9.17, 15) is 5.11 Å². The van der Waals surface area contributed by atoms with Gasteiger partial charge in [-0.05, 0) is 30.5 Å². The maximum atomic E-state index is 9.75. The van der Waals surface area contributed by atoms with Crippen LogP contribution < -0.4 is 0 Å². The predicted octanol–water partition coefficient (Wildman–Crippen LogP) is 2.88. The Kier molecular flexibility index (Phi) is 3.78. The maximum Gasteiger partial charge on any atom is 0.0528 e. The fourth-order valence-electron chi connectivity index (χ4n) is 2.16. The summed E-state index contributed by atoms with van der Waals surface area (Å²) in [7, 11) is 0. The Morgan fingerprint density at radius 3 is 2.44 bits per heavy atom. The van der Waals surface area contributed by atoms with Gasteiger partial charge in [-0.25, -0.2) is 0 Å². The van der Waals surface area contributed by atoms with Crippen LogP contribution in [0.15, 0.2) is 48.8 Å². The molecule has 0 aliphatic rings. The van der Waals surface area contributed by atoms with Crippen molar-refractivity contribution in [1.82, 2.24) is 4.98 Å². The number of nitrogens with zero attached hydrogens (tertiary/aromatic N) is 1. The molecule has 0 saturated carbocycles. The molecule has 0 fully saturated rings. The monoisotopic (exact) mass is 241 g/mol. The van der Waals surface area contributed by atoms with Crippen molar-refractivity contribution in [2.75, 3.05) is 6.61 Å². The van der Waals surface area contributed by atoms with Crippen LogP contribution in [0, 0.1) is 6.92 Å². The molecule has 0 bridgehead atoms. The summed E-state index contributed by atoms with van der Waals surface area (Å²) in [6, 6.07) is 12.4. The molecular weight excluding hydrogens is 222 g/mol. The molecule has 2 aromatic rings. The number of hydrogen-bond acceptors (Lipinski definition) is 2. The first-order chi connectivity index (χ1) is 8.64. The molecule has 1 atom stereocenters. The fourth-order valence-corrected chi connectivity index (χ4v) is 2.16. The molecule has 0 amide bonds. The molecule has 1 unspecified atom stereocenters. The first kappa shape index (κ1) is 12.8. The summed E-state index contributed by atoms with van der Waals surface area (Å²) in [5, 5.41) is 9.75. The SMILES string of the molecule is Cc1ccc(C(C)(CO)Cc2cccnc2)cc1. The van der Waals surface area contributed by atoms with Gasteiger partial charge in [-0.1, -0.05) is 42.8 Å². The predicted molar refractivity (Wildman–Crippen MR) is 73.6 cm³/mol. The largest absolute Gasteiger partial charge is 0.395 e. The molecule has 1 heterocycles. The molecule has 0 spiro atoms. The van der Waals surface area contributed by atoms with Crippen molar-refractivity contribution in [2.45, 2.75) is 25.7 Å². The van der Waals surface area contributed by atoms with E-state index in [1.807, 2.05) is 12.3 Å². The van der Waals surface area contributed by atoms with Gasteiger partial charge in [0.25, 0.3) is 0 Å². The molecule has 0 radical (unpaired) electrons. The Labute approximate surface area is 108 Å². The number of benzene rings is 1. The van der Waals surface area contributed by atoms with Crippen molar-refractivity contribution in [1.29, 1.82) is 0 Å². The van der Waals surface area contributed by atoms with Crippen LogP contribution >= 0.6 is 0 Å². The Morgan fingerprint density at radius 1 is 1.17 bits per heavy atom. The highest BCUT2D eigenvalue weighted by atomic mass is 16.3. The molecule has 94 valence electrons. The van der Waals surface area contributed by atoms with Gasteiger partial charge in [0.2, 0.25) is 0 Å². The zero-order valence-electron chi connectivity index (χ0n) is 10.9. The molecule has 0 aliphatic heterocycles. The topological polar surface area (TPSA) is 33.1 Å². The van der Waals surface area contributed by atoms with Crippen LogP contribution in [0.4, 0.5) is 0 Å². The van der Waals surface area contributed by atoms with Gasteiger partial charge in [0.05, 0.1) is 6.61 Å². The number of pyridine rings is 1. The van der Waals surface area contributed by atoms with Gasteiger partial charge in [-0.3, -0.25) is 4.98 Å². The molecule has 2 heteroatoms. The van der Waals surface area contributed by atoms with E-state index in [0.717, 1.165) is 12.0 Å². The Balaban J connectivity index is 2.28. The van der Waals surface area contributed by atoms with Crippen molar-refractivity contribution >= 4 is 0 Å². The van der Waals surface area contributed by atoms with E-state index in [4.69, 9.17) is 0 Å². The minimum Gasteiger partial charge on any atom is -0.395 e. The zero-order chi connectivity index (χ0) is 13.0. The first-order valence-electron chi connectivity index (χ1n) is 6.21. The van der Waals surface area contributed by atoms with E-state index in [-0.39, 0.29) is 12.0 Å². The lowest BCUT2D eigenvalue weighted by molar-refractivity contribution is 0.204. The number of aliphatic hydroxyl groups excluding tert-OH is 1. The second-order valence-corrected chi connectivity index (χ2v) is 5.12. The average Bonchev–Trinajstić information content (AvgIpc) is 2.40. The summed E-state index contributed by atoms with van der Waals surface area (Å²) in [6.45, 7) is 4.29. The summed E-state index contributed by atoms with van der Waals surface area (Å²) >= 11 is 0. The minimum absolute atomic E-state index is 0.130. The summed E-state index contributed by atoms with van der Waals surface area (Å²) in [6.07, 6.45) is 4.42. The molecule has 18 heavy (non-hydrogen) atoms. The van der Waals surface area contributed by atoms with Gasteiger partial charge < -0.3 is 5.11 Å². The van der Waals surface area contributed by atoms with Crippen LogP contribution in [0.2, 0.25) is 0 Å².